The summed E-state index contributed by atoms with van der Waals surface area (Å²) < 4.78 is 79.0. The Kier molecular flexibility index (Phi) is 6.49. The second-order valence-electron chi connectivity index (χ2n) is 12.3. The molecule has 0 amide bonds. The average Bonchev–Trinajstić information content (AvgIpc) is 3.08. The van der Waals surface area contributed by atoms with Crippen LogP contribution in [0.25, 0.3) is 0 Å². The molecule has 4 aliphatic rings. The van der Waals surface area contributed by atoms with Gasteiger partial charge in [0.15, 0.2) is 0 Å². The van der Waals surface area contributed by atoms with Crippen LogP contribution in [0.15, 0.2) is 11.6 Å². The molecule has 8 unspecified atom stereocenters. The minimum atomic E-state index is -5.75. The maximum absolute atomic E-state index is 13.2. The van der Waals surface area contributed by atoms with Crippen LogP contribution in [0.2, 0.25) is 0 Å². The standard InChI is InChI=1S/C26H38F6O2/c1-15(8-13-24(34,25(27,28)29)26(30,31)32)19-6-7-20-18-5-4-16-14-17(33)9-11-22(16,2)21(18)10-12-23(19,20)3/h4,15,17-21,33-34H,5-14H2,1-3H3. The first-order chi connectivity index (χ1) is 15.5. The Morgan fingerprint density at radius 3 is 2.24 bits per heavy atom. The molecule has 0 heterocycles. The van der Waals surface area contributed by atoms with Gasteiger partial charge in [-0.25, -0.2) is 0 Å². The summed E-state index contributed by atoms with van der Waals surface area (Å²) in [7, 11) is 0. The van der Waals surface area contributed by atoms with Gasteiger partial charge in [0.05, 0.1) is 6.10 Å². The van der Waals surface area contributed by atoms with E-state index in [1.165, 1.54) is 5.57 Å². The second kappa shape index (κ2) is 8.39. The highest BCUT2D eigenvalue weighted by Gasteiger charge is 2.70. The van der Waals surface area contributed by atoms with Crippen molar-refractivity contribution in [2.45, 2.75) is 109 Å². The summed E-state index contributed by atoms with van der Waals surface area (Å²) in [6.45, 7) is 6.29. The van der Waals surface area contributed by atoms with Crippen molar-refractivity contribution in [1.82, 2.24) is 0 Å². The summed E-state index contributed by atoms with van der Waals surface area (Å²) >= 11 is 0. The predicted octanol–water partition coefficient (Wildman–Crippen LogP) is 7.20. The Hall–Kier alpha value is -0.760. The molecule has 3 saturated carbocycles. The molecule has 2 nitrogen and oxygen atoms in total. The van der Waals surface area contributed by atoms with Crippen LogP contribution in [-0.2, 0) is 0 Å². The largest absolute Gasteiger partial charge is 0.426 e. The highest BCUT2D eigenvalue weighted by molar-refractivity contribution is 5.25. The van der Waals surface area contributed by atoms with Crippen molar-refractivity contribution in [2.24, 2.45) is 40.4 Å². The quantitative estimate of drug-likeness (QED) is 0.319. The number of hydrogen-bond acceptors (Lipinski definition) is 2. The molecule has 8 heteroatoms. The predicted molar refractivity (Wildman–Crippen MR) is 117 cm³/mol. The molecule has 4 aliphatic carbocycles. The molecule has 0 aromatic rings. The molecule has 2 N–H and O–H groups in total. The number of alkyl halides is 6. The Labute approximate surface area is 198 Å². The molecule has 0 saturated heterocycles. The van der Waals surface area contributed by atoms with Gasteiger partial charge in [-0.2, -0.15) is 26.3 Å². The summed E-state index contributed by atoms with van der Waals surface area (Å²) in [5.41, 5.74) is -3.30. The van der Waals surface area contributed by atoms with E-state index in [4.69, 9.17) is 0 Å². The van der Waals surface area contributed by atoms with Crippen LogP contribution < -0.4 is 0 Å². The van der Waals surface area contributed by atoms with Crippen molar-refractivity contribution in [3.05, 3.63) is 11.6 Å². The van der Waals surface area contributed by atoms with Crippen molar-refractivity contribution in [3.8, 4) is 0 Å². The van der Waals surface area contributed by atoms with Gasteiger partial charge >= 0.3 is 12.4 Å². The fourth-order valence-electron chi connectivity index (χ4n) is 8.70. The Balaban J connectivity index is 1.50. The fourth-order valence-corrected chi connectivity index (χ4v) is 8.70. The molecule has 3 fully saturated rings. The lowest BCUT2D eigenvalue weighted by Gasteiger charge is -2.58. The second-order valence-corrected chi connectivity index (χ2v) is 12.3. The smallest absolute Gasteiger partial charge is 0.393 e. The third-order valence-corrected chi connectivity index (χ3v) is 10.7. The van der Waals surface area contributed by atoms with Gasteiger partial charge < -0.3 is 10.2 Å². The van der Waals surface area contributed by atoms with Crippen LogP contribution >= 0.6 is 0 Å². The zero-order valence-electron chi connectivity index (χ0n) is 20.3. The molecule has 34 heavy (non-hydrogen) atoms. The molecule has 4 rings (SSSR count). The molecular weight excluding hydrogens is 458 g/mol. The van der Waals surface area contributed by atoms with E-state index in [1.807, 2.05) is 0 Å². The zero-order valence-corrected chi connectivity index (χ0v) is 20.3. The molecular formula is C26H38F6O2. The maximum Gasteiger partial charge on any atom is 0.426 e. The summed E-state index contributed by atoms with van der Waals surface area (Å²) in [4.78, 5) is 0. The van der Waals surface area contributed by atoms with E-state index in [-0.39, 0.29) is 35.2 Å². The lowest BCUT2D eigenvalue weighted by atomic mass is 9.47. The number of allylic oxidation sites excluding steroid dienone is 1. The van der Waals surface area contributed by atoms with Gasteiger partial charge in [0.2, 0.25) is 0 Å². The van der Waals surface area contributed by atoms with Crippen LogP contribution in [0.3, 0.4) is 0 Å². The van der Waals surface area contributed by atoms with Crippen LogP contribution in [0.5, 0.6) is 0 Å². The normalized spacial score (nSPS) is 41.9. The van der Waals surface area contributed by atoms with Crippen molar-refractivity contribution < 1.29 is 36.6 Å². The highest BCUT2D eigenvalue weighted by Crippen LogP contribution is 2.67. The molecule has 0 aliphatic heterocycles. The maximum atomic E-state index is 13.2. The van der Waals surface area contributed by atoms with Crippen LogP contribution in [0.1, 0.15) is 85.0 Å². The van der Waals surface area contributed by atoms with Crippen molar-refractivity contribution >= 4 is 0 Å². The fraction of sp³-hybridized carbons (Fsp3) is 0.923. The topological polar surface area (TPSA) is 40.5 Å². The average molecular weight is 497 g/mol. The van der Waals surface area contributed by atoms with Crippen molar-refractivity contribution in [2.75, 3.05) is 0 Å². The molecule has 0 aromatic heterocycles. The van der Waals surface area contributed by atoms with Crippen LogP contribution in [-0.4, -0.2) is 34.3 Å². The zero-order chi connectivity index (χ0) is 25.3. The Morgan fingerprint density at radius 2 is 1.62 bits per heavy atom. The van der Waals surface area contributed by atoms with Gasteiger partial charge in [0.1, 0.15) is 0 Å². The van der Waals surface area contributed by atoms with E-state index in [0.717, 1.165) is 51.4 Å². The van der Waals surface area contributed by atoms with E-state index in [2.05, 4.69) is 19.9 Å². The number of hydrogen-bond donors (Lipinski definition) is 2. The van der Waals surface area contributed by atoms with Gasteiger partial charge in [-0.3, -0.25) is 0 Å². The summed E-state index contributed by atoms with van der Waals surface area (Å²) in [5.74, 6) is 1.12. The van der Waals surface area contributed by atoms with E-state index < -0.39 is 24.4 Å². The van der Waals surface area contributed by atoms with Crippen molar-refractivity contribution in [1.29, 1.82) is 0 Å². The van der Waals surface area contributed by atoms with Crippen LogP contribution in [0, 0.1) is 40.4 Å². The molecule has 0 bridgehead atoms. The summed E-state index contributed by atoms with van der Waals surface area (Å²) in [6.07, 6.45) is -3.93. The number of halogens is 6. The monoisotopic (exact) mass is 496 g/mol. The van der Waals surface area contributed by atoms with Gasteiger partial charge in [-0.1, -0.05) is 32.4 Å². The number of aliphatic hydroxyl groups excluding tert-OH is 1. The minimum Gasteiger partial charge on any atom is -0.393 e. The van der Waals surface area contributed by atoms with E-state index in [0.29, 0.717) is 17.8 Å². The Morgan fingerprint density at radius 1 is 0.971 bits per heavy atom. The first-order valence-corrected chi connectivity index (χ1v) is 12.8. The minimum absolute atomic E-state index is 0.0514. The number of rotatable bonds is 4. The van der Waals surface area contributed by atoms with Gasteiger partial charge in [-0.15, -0.1) is 0 Å². The van der Waals surface area contributed by atoms with Gasteiger partial charge in [0, 0.05) is 0 Å². The third-order valence-electron chi connectivity index (χ3n) is 10.7. The molecule has 0 radical (unpaired) electrons. The molecule has 0 spiro atoms. The number of fused-ring (bicyclic) bond motifs is 5. The first kappa shape index (κ1) is 26.3. The van der Waals surface area contributed by atoms with Gasteiger partial charge in [0.25, 0.3) is 5.60 Å². The van der Waals surface area contributed by atoms with E-state index in [1.54, 1.807) is 6.92 Å². The van der Waals surface area contributed by atoms with Crippen molar-refractivity contribution in [3.63, 3.8) is 0 Å². The SMILES string of the molecule is CC(CCC(O)(C(F)(F)F)C(F)(F)F)C1CCC2C3CC=C4CC(O)CCC4(C)C3CCC12C. The summed E-state index contributed by atoms with van der Waals surface area (Å²) in [6, 6.07) is 0. The summed E-state index contributed by atoms with van der Waals surface area (Å²) in [5, 5.41) is 19.8. The molecule has 0 aromatic carbocycles. The van der Waals surface area contributed by atoms with Gasteiger partial charge in [-0.05, 0) is 105 Å². The van der Waals surface area contributed by atoms with E-state index >= 15 is 0 Å². The highest BCUT2D eigenvalue weighted by atomic mass is 19.4. The molecule has 196 valence electrons. The number of aliphatic hydroxyl groups is 2. The lowest BCUT2D eigenvalue weighted by Crippen LogP contribution is -2.57. The lowest BCUT2D eigenvalue weighted by molar-refractivity contribution is -0.370. The first-order valence-electron chi connectivity index (χ1n) is 12.8. The van der Waals surface area contributed by atoms with Crippen LogP contribution in [0.4, 0.5) is 26.3 Å². The Bertz CT molecular complexity index is 790. The third kappa shape index (κ3) is 3.93. The van der Waals surface area contributed by atoms with E-state index in [9.17, 15) is 36.6 Å². The molecule has 8 atom stereocenters.